The number of anilines is 2. The lowest BCUT2D eigenvalue weighted by Gasteiger charge is -2.45. The molecular weight excluding hydrogens is 276 g/mol. The van der Waals surface area contributed by atoms with E-state index >= 15 is 0 Å². The predicted octanol–water partition coefficient (Wildman–Crippen LogP) is 1.47. The Labute approximate surface area is 130 Å². The molecular formula is C16H20N6. The standard InChI is InChI=1S/C16H20N6/c1-21(15-6-7-17-11-18-15)13-9-22(10-13)16-8-12-4-2-3-5-14(12)19-20-16/h6-8,11,13H,2-5,9-10H2,1H3. The molecule has 0 radical (unpaired) electrons. The minimum absolute atomic E-state index is 0.465. The molecule has 2 aromatic rings. The molecule has 2 aliphatic rings. The Morgan fingerprint density at radius 2 is 2.05 bits per heavy atom. The van der Waals surface area contributed by atoms with Crippen molar-refractivity contribution in [3.63, 3.8) is 0 Å². The lowest BCUT2D eigenvalue weighted by atomic mass is 9.96. The quantitative estimate of drug-likeness (QED) is 0.855. The van der Waals surface area contributed by atoms with E-state index in [1.807, 2.05) is 6.07 Å². The fourth-order valence-corrected chi connectivity index (χ4v) is 3.20. The van der Waals surface area contributed by atoms with E-state index in [1.165, 1.54) is 24.1 Å². The number of aromatic nitrogens is 4. The van der Waals surface area contributed by atoms with Gasteiger partial charge in [-0.05, 0) is 43.4 Å². The lowest BCUT2D eigenvalue weighted by Crippen LogP contribution is -2.59. The second-order valence-electron chi connectivity index (χ2n) is 6.12. The van der Waals surface area contributed by atoms with Crippen molar-refractivity contribution in [2.24, 2.45) is 0 Å². The molecule has 0 aromatic carbocycles. The van der Waals surface area contributed by atoms with Crippen molar-refractivity contribution in [1.82, 2.24) is 20.2 Å². The molecule has 0 spiro atoms. The third-order valence-corrected chi connectivity index (χ3v) is 4.72. The molecule has 1 aliphatic heterocycles. The van der Waals surface area contributed by atoms with E-state index in [1.54, 1.807) is 12.5 Å². The van der Waals surface area contributed by atoms with E-state index in [0.29, 0.717) is 6.04 Å². The number of nitrogens with zero attached hydrogens (tertiary/aromatic N) is 6. The van der Waals surface area contributed by atoms with Crippen molar-refractivity contribution in [2.75, 3.05) is 29.9 Å². The Kier molecular flexibility index (Phi) is 3.36. The van der Waals surface area contributed by atoms with Crippen LogP contribution in [0.1, 0.15) is 24.1 Å². The molecule has 2 aromatic heterocycles. The molecule has 4 rings (SSSR count). The smallest absolute Gasteiger partial charge is 0.151 e. The maximum atomic E-state index is 4.42. The molecule has 0 saturated carbocycles. The minimum atomic E-state index is 0.465. The SMILES string of the molecule is CN(c1ccncn1)C1CN(c2cc3c(nn2)CCCC3)C1. The molecule has 0 amide bonds. The summed E-state index contributed by atoms with van der Waals surface area (Å²) in [6.07, 6.45) is 8.13. The molecule has 0 unspecified atom stereocenters. The minimum Gasteiger partial charge on any atom is -0.353 e. The number of aryl methyl sites for hydroxylation is 2. The summed E-state index contributed by atoms with van der Waals surface area (Å²) >= 11 is 0. The van der Waals surface area contributed by atoms with Crippen molar-refractivity contribution >= 4 is 11.6 Å². The monoisotopic (exact) mass is 296 g/mol. The van der Waals surface area contributed by atoms with Crippen LogP contribution in [-0.4, -0.2) is 46.3 Å². The lowest BCUT2D eigenvalue weighted by molar-refractivity contribution is 0.486. The van der Waals surface area contributed by atoms with Gasteiger partial charge in [-0.15, -0.1) is 5.10 Å². The zero-order valence-corrected chi connectivity index (χ0v) is 12.8. The molecule has 114 valence electrons. The summed E-state index contributed by atoms with van der Waals surface area (Å²) in [5, 5.41) is 8.84. The van der Waals surface area contributed by atoms with E-state index in [2.05, 4.69) is 43.1 Å². The summed E-state index contributed by atoms with van der Waals surface area (Å²) in [4.78, 5) is 12.8. The summed E-state index contributed by atoms with van der Waals surface area (Å²) in [5.41, 5.74) is 2.59. The number of fused-ring (bicyclic) bond motifs is 1. The van der Waals surface area contributed by atoms with Gasteiger partial charge in [-0.1, -0.05) is 0 Å². The number of hydrogen-bond donors (Lipinski definition) is 0. The second-order valence-corrected chi connectivity index (χ2v) is 6.12. The van der Waals surface area contributed by atoms with E-state index < -0.39 is 0 Å². The molecule has 6 heteroatoms. The third-order valence-electron chi connectivity index (χ3n) is 4.72. The number of likely N-dealkylation sites (N-methyl/N-ethyl adjacent to an activating group) is 1. The van der Waals surface area contributed by atoms with Crippen LogP contribution in [0, 0.1) is 0 Å². The van der Waals surface area contributed by atoms with Gasteiger partial charge < -0.3 is 9.80 Å². The molecule has 0 bridgehead atoms. The van der Waals surface area contributed by atoms with Gasteiger partial charge in [0.05, 0.1) is 11.7 Å². The summed E-state index contributed by atoms with van der Waals surface area (Å²) in [6.45, 7) is 1.93. The third kappa shape index (κ3) is 2.38. The van der Waals surface area contributed by atoms with Crippen LogP contribution in [0.3, 0.4) is 0 Å². The zero-order chi connectivity index (χ0) is 14.9. The van der Waals surface area contributed by atoms with Gasteiger partial charge >= 0.3 is 0 Å². The van der Waals surface area contributed by atoms with Gasteiger partial charge in [-0.25, -0.2) is 9.97 Å². The summed E-state index contributed by atoms with van der Waals surface area (Å²) in [7, 11) is 2.09. The van der Waals surface area contributed by atoms with Crippen LogP contribution >= 0.6 is 0 Å². The highest BCUT2D eigenvalue weighted by Crippen LogP contribution is 2.27. The van der Waals surface area contributed by atoms with Gasteiger partial charge in [-0.2, -0.15) is 5.10 Å². The largest absolute Gasteiger partial charge is 0.353 e. The van der Waals surface area contributed by atoms with Crippen LogP contribution in [0.15, 0.2) is 24.7 Å². The van der Waals surface area contributed by atoms with E-state index in [-0.39, 0.29) is 0 Å². The van der Waals surface area contributed by atoms with Gasteiger partial charge in [0.25, 0.3) is 0 Å². The van der Waals surface area contributed by atoms with E-state index in [4.69, 9.17) is 0 Å². The molecule has 1 aliphatic carbocycles. The van der Waals surface area contributed by atoms with Crippen LogP contribution in [-0.2, 0) is 12.8 Å². The first-order chi connectivity index (χ1) is 10.8. The Hall–Kier alpha value is -2.24. The highest BCUT2D eigenvalue weighted by molar-refractivity contribution is 5.49. The number of rotatable bonds is 3. The van der Waals surface area contributed by atoms with Crippen molar-refractivity contribution in [3.8, 4) is 0 Å². The Balaban J connectivity index is 1.43. The van der Waals surface area contributed by atoms with Gasteiger partial charge in [0.15, 0.2) is 5.82 Å². The normalized spacial score (nSPS) is 17.8. The zero-order valence-electron chi connectivity index (χ0n) is 12.8. The van der Waals surface area contributed by atoms with Crippen molar-refractivity contribution < 1.29 is 0 Å². The first-order valence-corrected chi connectivity index (χ1v) is 7.90. The van der Waals surface area contributed by atoms with Gasteiger partial charge in [0.1, 0.15) is 12.1 Å². The highest BCUT2D eigenvalue weighted by atomic mass is 15.4. The Morgan fingerprint density at radius 1 is 1.18 bits per heavy atom. The van der Waals surface area contributed by atoms with Crippen molar-refractivity contribution in [3.05, 3.63) is 35.9 Å². The molecule has 3 heterocycles. The van der Waals surface area contributed by atoms with E-state index in [0.717, 1.165) is 37.6 Å². The van der Waals surface area contributed by atoms with Crippen LogP contribution < -0.4 is 9.80 Å². The summed E-state index contributed by atoms with van der Waals surface area (Å²) in [5.74, 6) is 1.99. The first-order valence-electron chi connectivity index (χ1n) is 7.90. The molecule has 6 nitrogen and oxygen atoms in total. The average Bonchev–Trinajstić information content (AvgIpc) is 2.54. The Bertz CT molecular complexity index is 653. The maximum Gasteiger partial charge on any atom is 0.151 e. The molecule has 1 saturated heterocycles. The molecule has 22 heavy (non-hydrogen) atoms. The number of hydrogen-bond acceptors (Lipinski definition) is 6. The molecule has 1 fully saturated rings. The first kappa shape index (κ1) is 13.4. The van der Waals surface area contributed by atoms with Crippen LogP contribution in [0.4, 0.5) is 11.6 Å². The van der Waals surface area contributed by atoms with Crippen molar-refractivity contribution in [2.45, 2.75) is 31.7 Å². The van der Waals surface area contributed by atoms with Gasteiger partial charge in [-0.3, -0.25) is 0 Å². The van der Waals surface area contributed by atoms with Crippen LogP contribution in [0.25, 0.3) is 0 Å². The summed E-state index contributed by atoms with van der Waals surface area (Å²) in [6, 6.07) is 4.65. The molecule has 0 N–H and O–H groups in total. The van der Waals surface area contributed by atoms with Gasteiger partial charge in [0, 0.05) is 26.3 Å². The summed E-state index contributed by atoms with van der Waals surface area (Å²) < 4.78 is 0. The molecule has 0 atom stereocenters. The predicted molar refractivity (Wildman–Crippen MR) is 85.1 cm³/mol. The van der Waals surface area contributed by atoms with Crippen LogP contribution in [0.2, 0.25) is 0 Å². The Morgan fingerprint density at radius 3 is 2.86 bits per heavy atom. The highest BCUT2D eigenvalue weighted by Gasteiger charge is 2.32. The van der Waals surface area contributed by atoms with E-state index in [9.17, 15) is 0 Å². The fraction of sp³-hybridized carbons (Fsp3) is 0.500. The van der Waals surface area contributed by atoms with Crippen molar-refractivity contribution in [1.29, 1.82) is 0 Å². The average molecular weight is 296 g/mol. The van der Waals surface area contributed by atoms with Crippen LogP contribution in [0.5, 0.6) is 0 Å². The maximum absolute atomic E-state index is 4.42. The fourth-order valence-electron chi connectivity index (χ4n) is 3.20. The second kappa shape index (κ2) is 5.51. The topological polar surface area (TPSA) is 58.0 Å². The van der Waals surface area contributed by atoms with Gasteiger partial charge in [0.2, 0.25) is 0 Å².